The lowest BCUT2D eigenvalue weighted by molar-refractivity contribution is -0.134. The molecular formula is C12H18N2O3. The Morgan fingerprint density at radius 2 is 1.88 bits per heavy atom. The smallest absolute Gasteiger partial charge is 0.241 e. The highest BCUT2D eigenvalue weighted by Gasteiger charge is 2.43. The summed E-state index contributed by atoms with van der Waals surface area (Å²) in [6.07, 6.45) is 1.76. The third kappa shape index (κ3) is 2.43. The molecular weight excluding hydrogens is 220 g/mol. The van der Waals surface area contributed by atoms with Crippen molar-refractivity contribution in [1.82, 2.24) is 5.32 Å². The Bertz CT molecular complexity index is 336. The highest BCUT2D eigenvalue weighted by atomic mass is 16.5. The number of nitriles is 1. The van der Waals surface area contributed by atoms with Gasteiger partial charge < -0.3 is 14.8 Å². The molecule has 0 radical (unpaired) electrons. The van der Waals surface area contributed by atoms with E-state index in [0.29, 0.717) is 39.3 Å². The average Bonchev–Trinajstić information content (AvgIpc) is 2.76. The summed E-state index contributed by atoms with van der Waals surface area (Å²) in [5.74, 6) is -0.170. The normalized spacial score (nSPS) is 31.8. The molecule has 2 aliphatic rings. The van der Waals surface area contributed by atoms with Crippen LogP contribution in [0.2, 0.25) is 0 Å². The van der Waals surface area contributed by atoms with Crippen molar-refractivity contribution in [3.05, 3.63) is 0 Å². The summed E-state index contributed by atoms with van der Waals surface area (Å²) >= 11 is 0. The standard InChI is InChI=1S/C12H18N2O3/c1-11(2-5-17-9-11)14-10(15)12(8-13)3-6-16-7-4-12/h2-7,9H2,1H3,(H,14,15). The predicted octanol–water partition coefficient (Wildman–Crippen LogP) is 0.602. The minimum atomic E-state index is -0.913. The third-order valence-electron chi connectivity index (χ3n) is 3.63. The van der Waals surface area contributed by atoms with Gasteiger partial charge in [0, 0.05) is 19.8 Å². The largest absolute Gasteiger partial charge is 0.381 e. The van der Waals surface area contributed by atoms with Gasteiger partial charge in [-0.2, -0.15) is 5.26 Å². The van der Waals surface area contributed by atoms with Gasteiger partial charge in [0.05, 0.1) is 18.2 Å². The third-order valence-corrected chi connectivity index (χ3v) is 3.63. The van der Waals surface area contributed by atoms with Crippen LogP contribution >= 0.6 is 0 Å². The Morgan fingerprint density at radius 1 is 1.24 bits per heavy atom. The van der Waals surface area contributed by atoms with E-state index in [0.717, 1.165) is 6.42 Å². The minimum Gasteiger partial charge on any atom is -0.381 e. The first-order valence-corrected chi connectivity index (χ1v) is 6.00. The van der Waals surface area contributed by atoms with Gasteiger partial charge in [0.1, 0.15) is 5.41 Å². The summed E-state index contributed by atoms with van der Waals surface area (Å²) in [7, 11) is 0. The summed E-state index contributed by atoms with van der Waals surface area (Å²) in [5.41, 5.74) is -1.23. The van der Waals surface area contributed by atoms with Crippen molar-refractivity contribution in [3.63, 3.8) is 0 Å². The van der Waals surface area contributed by atoms with E-state index < -0.39 is 5.41 Å². The molecule has 0 aromatic carbocycles. The number of nitrogens with zero attached hydrogens (tertiary/aromatic N) is 1. The van der Waals surface area contributed by atoms with Gasteiger partial charge in [-0.05, 0) is 26.2 Å². The van der Waals surface area contributed by atoms with Crippen LogP contribution in [-0.2, 0) is 14.3 Å². The first-order valence-electron chi connectivity index (χ1n) is 6.00. The van der Waals surface area contributed by atoms with Crippen molar-refractivity contribution in [2.45, 2.75) is 31.7 Å². The zero-order valence-electron chi connectivity index (χ0n) is 10.1. The van der Waals surface area contributed by atoms with Crippen LogP contribution in [0.3, 0.4) is 0 Å². The van der Waals surface area contributed by atoms with Crippen molar-refractivity contribution in [3.8, 4) is 6.07 Å². The molecule has 1 atom stereocenters. The highest BCUT2D eigenvalue weighted by Crippen LogP contribution is 2.31. The Balaban J connectivity index is 2.05. The SMILES string of the molecule is CC1(NC(=O)C2(C#N)CCOCC2)CCOC1. The molecule has 94 valence electrons. The quantitative estimate of drug-likeness (QED) is 0.764. The summed E-state index contributed by atoms with van der Waals surface area (Å²) in [6, 6.07) is 2.18. The van der Waals surface area contributed by atoms with Gasteiger partial charge in [0.15, 0.2) is 0 Å². The van der Waals surface area contributed by atoms with Gasteiger partial charge in [0.2, 0.25) is 5.91 Å². The molecule has 1 unspecified atom stereocenters. The first-order chi connectivity index (χ1) is 8.10. The van der Waals surface area contributed by atoms with E-state index in [9.17, 15) is 10.1 Å². The molecule has 2 aliphatic heterocycles. The number of hydrogen-bond acceptors (Lipinski definition) is 4. The maximum Gasteiger partial charge on any atom is 0.241 e. The molecule has 2 rings (SSSR count). The predicted molar refractivity (Wildman–Crippen MR) is 60.1 cm³/mol. The van der Waals surface area contributed by atoms with E-state index in [-0.39, 0.29) is 11.4 Å². The Kier molecular flexibility index (Phi) is 3.36. The molecule has 5 heteroatoms. The molecule has 0 aromatic rings. The van der Waals surface area contributed by atoms with Crippen LogP contribution in [0.5, 0.6) is 0 Å². The van der Waals surface area contributed by atoms with Gasteiger partial charge in [-0.3, -0.25) is 4.79 Å². The molecule has 1 amide bonds. The van der Waals surface area contributed by atoms with Crippen molar-refractivity contribution in [2.24, 2.45) is 5.41 Å². The zero-order valence-corrected chi connectivity index (χ0v) is 10.1. The van der Waals surface area contributed by atoms with E-state index in [2.05, 4.69) is 11.4 Å². The number of amides is 1. The van der Waals surface area contributed by atoms with Crippen LogP contribution in [0.4, 0.5) is 0 Å². The topological polar surface area (TPSA) is 71.4 Å². The van der Waals surface area contributed by atoms with Crippen molar-refractivity contribution < 1.29 is 14.3 Å². The number of nitrogens with one attached hydrogen (secondary N) is 1. The monoisotopic (exact) mass is 238 g/mol. The van der Waals surface area contributed by atoms with E-state index in [1.807, 2.05) is 6.92 Å². The molecule has 0 saturated carbocycles. The fourth-order valence-corrected chi connectivity index (χ4v) is 2.27. The van der Waals surface area contributed by atoms with Gasteiger partial charge in [0.25, 0.3) is 0 Å². The van der Waals surface area contributed by atoms with E-state index in [1.54, 1.807) is 0 Å². The zero-order chi connectivity index (χ0) is 12.4. The summed E-state index contributed by atoms with van der Waals surface area (Å²) < 4.78 is 10.5. The van der Waals surface area contributed by atoms with Crippen LogP contribution in [-0.4, -0.2) is 37.9 Å². The lowest BCUT2D eigenvalue weighted by Crippen LogP contribution is -2.53. The summed E-state index contributed by atoms with van der Waals surface area (Å²) in [5, 5.41) is 12.2. The number of carbonyl (C=O) groups excluding carboxylic acids is 1. The Morgan fingerprint density at radius 3 is 2.41 bits per heavy atom. The van der Waals surface area contributed by atoms with E-state index >= 15 is 0 Å². The number of hydrogen-bond donors (Lipinski definition) is 1. The second-order valence-electron chi connectivity index (χ2n) is 5.12. The lowest BCUT2D eigenvalue weighted by Gasteiger charge is -2.33. The van der Waals surface area contributed by atoms with Crippen LogP contribution in [0.1, 0.15) is 26.2 Å². The fourth-order valence-electron chi connectivity index (χ4n) is 2.27. The average molecular weight is 238 g/mol. The van der Waals surface area contributed by atoms with E-state index in [1.165, 1.54) is 0 Å². The van der Waals surface area contributed by atoms with Crippen LogP contribution in [0.25, 0.3) is 0 Å². The summed E-state index contributed by atoms with van der Waals surface area (Å²) in [4.78, 5) is 12.3. The number of ether oxygens (including phenoxy) is 2. The van der Waals surface area contributed by atoms with Gasteiger partial charge in [-0.25, -0.2) is 0 Å². The molecule has 5 nitrogen and oxygen atoms in total. The lowest BCUT2D eigenvalue weighted by atomic mass is 9.80. The van der Waals surface area contributed by atoms with Crippen LogP contribution in [0.15, 0.2) is 0 Å². The Labute approximate surface area is 101 Å². The molecule has 2 heterocycles. The number of rotatable bonds is 2. The molecule has 2 saturated heterocycles. The van der Waals surface area contributed by atoms with Crippen molar-refractivity contribution in [2.75, 3.05) is 26.4 Å². The maximum atomic E-state index is 12.3. The highest BCUT2D eigenvalue weighted by molar-refractivity contribution is 5.86. The molecule has 1 N–H and O–H groups in total. The second kappa shape index (κ2) is 4.63. The van der Waals surface area contributed by atoms with Gasteiger partial charge in [-0.15, -0.1) is 0 Å². The number of carbonyl (C=O) groups is 1. The molecule has 0 aliphatic carbocycles. The van der Waals surface area contributed by atoms with Crippen LogP contribution < -0.4 is 5.32 Å². The van der Waals surface area contributed by atoms with Crippen molar-refractivity contribution in [1.29, 1.82) is 5.26 Å². The molecule has 0 spiro atoms. The van der Waals surface area contributed by atoms with E-state index in [4.69, 9.17) is 9.47 Å². The molecule has 0 aromatic heterocycles. The van der Waals surface area contributed by atoms with Crippen molar-refractivity contribution >= 4 is 5.91 Å². The first kappa shape index (κ1) is 12.3. The van der Waals surface area contributed by atoms with Gasteiger partial charge in [-0.1, -0.05) is 0 Å². The van der Waals surface area contributed by atoms with Crippen LogP contribution in [0, 0.1) is 16.7 Å². The fraction of sp³-hybridized carbons (Fsp3) is 0.833. The summed E-state index contributed by atoms with van der Waals surface area (Å²) in [6.45, 7) is 4.11. The van der Waals surface area contributed by atoms with Gasteiger partial charge >= 0.3 is 0 Å². The Hall–Kier alpha value is -1.12. The molecule has 0 bridgehead atoms. The molecule has 17 heavy (non-hydrogen) atoms. The molecule has 2 fully saturated rings. The minimum absolute atomic E-state index is 0.170. The second-order valence-corrected chi connectivity index (χ2v) is 5.12. The maximum absolute atomic E-state index is 12.3.